The lowest BCUT2D eigenvalue weighted by molar-refractivity contribution is -0.298. The molecule has 1 aliphatic rings. The molecule has 84 valence electrons. The first kappa shape index (κ1) is 11.8. The molecule has 14 heavy (non-hydrogen) atoms. The highest BCUT2D eigenvalue weighted by Gasteiger charge is 2.44. The van der Waals surface area contributed by atoms with Gasteiger partial charge >= 0.3 is 0 Å². The number of hydrogen-bond donors (Lipinski definition) is 3. The van der Waals surface area contributed by atoms with E-state index in [1.807, 2.05) is 0 Å². The zero-order valence-electron chi connectivity index (χ0n) is 8.16. The molecule has 1 rings (SSSR count). The summed E-state index contributed by atoms with van der Waals surface area (Å²) < 4.78 is 14.9. The van der Waals surface area contributed by atoms with Gasteiger partial charge in [-0.15, -0.1) is 0 Å². The van der Waals surface area contributed by atoms with E-state index in [0.717, 1.165) is 0 Å². The Morgan fingerprint density at radius 3 is 2.21 bits per heavy atom. The fourth-order valence-corrected chi connectivity index (χ4v) is 1.54. The molecule has 1 aliphatic heterocycles. The van der Waals surface area contributed by atoms with E-state index in [4.69, 9.17) is 19.3 Å². The highest BCUT2D eigenvalue weighted by molar-refractivity contribution is 4.89. The minimum absolute atomic E-state index is 0.303. The van der Waals surface area contributed by atoms with Gasteiger partial charge in [0.1, 0.15) is 24.4 Å². The minimum Gasteiger partial charge on any atom is -0.394 e. The third-order valence-corrected chi connectivity index (χ3v) is 2.33. The van der Waals surface area contributed by atoms with E-state index in [-0.39, 0.29) is 6.61 Å². The molecule has 0 saturated carbocycles. The number of aliphatic hydroxyl groups excluding tert-OH is 3. The van der Waals surface area contributed by atoms with Crippen LogP contribution in [0, 0.1) is 0 Å². The molecule has 2 unspecified atom stereocenters. The number of hydrogen-bond acceptors (Lipinski definition) is 6. The lowest BCUT2D eigenvalue weighted by atomic mass is 9.99. The maximum absolute atomic E-state index is 9.59. The first-order valence-electron chi connectivity index (χ1n) is 4.33. The number of rotatable bonds is 3. The fraction of sp³-hybridized carbons (Fsp3) is 1.00. The predicted molar refractivity (Wildman–Crippen MR) is 45.6 cm³/mol. The summed E-state index contributed by atoms with van der Waals surface area (Å²) in [6.45, 7) is -0.303. The van der Waals surface area contributed by atoms with E-state index in [0.29, 0.717) is 0 Å². The van der Waals surface area contributed by atoms with Crippen LogP contribution in [0.3, 0.4) is 0 Å². The van der Waals surface area contributed by atoms with Crippen molar-refractivity contribution >= 4 is 0 Å². The third-order valence-electron chi connectivity index (χ3n) is 2.33. The van der Waals surface area contributed by atoms with Crippen LogP contribution in [-0.2, 0) is 14.2 Å². The molecule has 0 amide bonds. The van der Waals surface area contributed by atoms with Crippen molar-refractivity contribution in [3.05, 3.63) is 0 Å². The Labute approximate surface area is 82.0 Å². The molecular formula is C8H16O6. The molecule has 1 fully saturated rings. The maximum Gasteiger partial charge on any atom is 0.186 e. The molecule has 0 spiro atoms. The molecule has 6 nitrogen and oxygen atoms in total. The molecule has 3 N–H and O–H groups in total. The van der Waals surface area contributed by atoms with Crippen LogP contribution in [0.1, 0.15) is 0 Å². The van der Waals surface area contributed by atoms with Crippen molar-refractivity contribution in [2.45, 2.75) is 30.7 Å². The van der Waals surface area contributed by atoms with Crippen LogP contribution in [0.4, 0.5) is 0 Å². The number of aliphatic hydroxyl groups is 3. The van der Waals surface area contributed by atoms with Crippen LogP contribution < -0.4 is 0 Å². The van der Waals surface area contributed by atoms with Crippen molar-refractivity contribution < 1.29 is 29.5 Å². The zero-order valence-corrected chi connectivity index (χ0v) is 8.16. The summed E-state index contributed by atoms with van der Waals surface area (Å²) in [5.74, 6) is 0. The van der Waals surface area contributed by atoms with E-state index in [1.165, 1.54) is 14.2 Å². The second-order valence-electron chi connectivity index (χ2n) is 3.14. The molecule has 5 atom stereocenters. The van der Waals surface area contributed by atoms with Crippen LogP contribution in [0.5, 0.6) is 0 Å². The summed E-state index contributed by atoms with van der Waals surface area (Å²) in [5, 5.41) is 28.0. The van der Waals surface area contributed by atoms with E-state index in [2.05, 4.69) is 0 Å². The molecule has 0 aromatic heterocycles. The van der Waals surface area contributed by atoms with Gasteiger partial charge in [-0.1, -0.05) is 0 Å². The Morgan fingerprint density at radius 1 is 1.14 bits per heavy atom. The number of ether oxygens (including phenoxy) is 3. The lowest BCUT2D eigenvalue weighted by Gasteiger charge is -2.40. The van der Waals surface area contributed by atoms with Gasteiger partial charge < -0.3 is 29.5 Å². The van der Waals surface area contributed by atoms with Crippen LogP contribution in [-0.4, -0.2) is 66.9 Å². The predicted octanol–water partition coefficient (Wildman–Crippen LogP) is -1.91. The van der Waals surface area contributed by atoms with E-state index < -0.39 is 30.7 Å². The molecule has 0 aromatic carbocycles. The normalized spacial score (nSPS) is 43.9. The van der Waals surface area contributed by atoms with Gasteiger partial charge in [0.05, 0.1) is 6.61 Å². The van der Waals surface area contributed by atoms with Crippen LogP contribution in [0.25, 0.3) is 0 Å². The molecule has 1 saturated heterocycles. The molecule has 0 bridgehead atoms. The summed E-state index contributed by atoms with van der Waals surface area (Å²) in [6.07, 6.45) is -4.68. The largest absolute Gasteiger partial charge is 0.394 e. The SMILES string of the molecule is CO[C@H]1OC(CO)[C@@H](OC)[C@H](O)C1O. The van der Waals surface area contributed by atoms with E-state index >= 15 is 0 Å². The van der Waals surface area contributed by atoms with Gasteiger partial charge in [0.2, 0.25) is 0 Å². The van der Waals surface area contributed by atoms with Gasteiger partial charge in [-0.05, 0) is 0 Å². The van der Waals surface area contributed by atoms with E-state index in [1.54, 1.807) is 0 Å². The summed E-state index contributed by atoms with van der Waals surface area (Å²) in [4.78, 5) is 0. The highest BCUT2D eigenvalue weighted by Crippen LogP contribution is 2.23. The lowest BCUT2D eigenvalue weighted by Crippen LogP contribution is -2.59. The van der Waals surface area contributed by atoms with Crippen molar-refractivity contribution in [1.29, 1.82) is 0 Å². The van der Waals surface area contributed by atoms with Gasteiger partial charge in [-0.2, -0.15) is 0 Å². The van der Waals surface area contributed by atoms with Crippen molar-refractivity contribution in [3.63, 3.8) is 0 Å². The fourth-order valence-electron chi connectivity index (χ4n) is 1.54. The highest BCUT2D eigenvalue weighted by atomic mass is 16.7. The Hall–Kier alpha value is -0.240. The van der Waals surface area contributed by atoms with Crippen LogP contribution in [0.2, 0.25) is 0 Å². The topological polar surface area (TPSA) is 88.4 Å². The summed E-state index contributed by atoms with van der Waals surface area (Å²) in [6, 6.07) is 0. The van der Waals surface area contributed by atoms with Crippen molar-refractivity contribution in [1.82, 2.24) is 0 Å². The molecular weight excluding hydrogens is 192 g/mol. The zero-order chi connectivity index (χ0) is 10.7. The Morgan fingerprint density at radius 2 is 1.79 bits per heavy atom. The second-order valence-corrected chi connectivity index (χ2v) is 3.14. The van der Waals surface area contributed by atoms with Gasteiger partial charge in [-0.3, -0.25) is 0 Å². The summed E-state index contributed by atoms with van der Waals surface area (Å²) in [7, 11) is 2.72. The number of methoxy groups -OCH3 is 2. The minimum atomic E-state index is -1.17. The third kappa shape index (κ3) is 2.05. The Kier molecular flexibility index (Phi) is 4.24. The van der Waals surface area contributed by atoms with Gasteiger partial charge in [0.15, 0.2) is 6.29 Å². The van der Waals surface area contributed by atoms with Gasteiger partial charge in [0.25, 0.3) is 0 Å². The second kappa shape index (κ2) is 5.01. The standard InChI is InChI=1S/C8H16O6/c1-12-7-4(3-9)14-8(13-2)6(11)5(7)10/h4-11H,3H2,1-2H3/t4?,5-,6?,7-,8+/m1/s1. The van der Waals surface area contributed by atoms with Gasteiger partial charge in [0, 0.05) is 14.2 Å². The summed E-state index contributed by atoms with van der Waals surface area (Å²) >= 11 is 0. The molecule has 0 aromatic rings. The van der Waals surface area contributed by atoms with Crippen molar-refractivity contribution in [3.8, 4) is 0 Å². The summed E-state index contributed by atoms with van der Waals surface area (Å²) in [5.41, 5.74) is 0. The smallest absolute Gasteiger partial charge is 0.186 e. The Bertz CT molecular complexity index is 173. The van der Waals surface area contributed by atoms with Crippen LogP contribution >= 0.6 is 0 Å². The average Bonchev–Trinajstić information content (AvgIpc) is 2.21. The molecule has 6 heteroatoms. The van der Waals surface area contributed by atoms with Crippen molar-refractivity contribution in [2.75, 3.05) is 20.8 Å². The first-order chi connectivity index (χ1) is 6.65. The van der Waals surface area contributed by atoms with Crippen LogP contribution in [0.15, 0.2) is 0 Å². The molecule has 1 heterocycles. The molecule has 0 radical (unpaired) electrons. The quantitative estimate of drug-likeness (QED) is 0.501. The molecule has 0 aliphatic carbocycles. The van der Waals surface area contributed by atoms with Gasteiger partial charge in [-0.25, -0.2) is 0 Å². The first-order valence-corrected chi connectivity index (χ1v) is 4.33. The monoisotopic (exact) mass is 208 g/mol. The Balaban J connectivity index is 2.71. The maximum atomic E-state index is 9.59. The van der Waals surface area contributed by atoms with E-state index in [9.17, 15) is 10.2 Å². The average molecular weight is 208 g/mol. The van der Waals surface area contributed by atoms with Crippen molar-refractivity contribution in [2.24, 2.45) is 0 Å².